The van der Waals surface area contributed by atoms with E-state index in [0.717, 1.165) is 6.61 Å². The molecule has 1 N–H and O–H groups in total. The molecule has 2 fully saturated rings. The van der Waals surface area contributed by atoms with E-state index < -0.39 is 6.10 Å². The number of hydrogen-bond acceptors (Lipinski definition) is 3. The van der Waals surface area contributed by atoms with Gasteiger partial charge in [-0.3, -0.25) is 0 Å². The van der Waals surface area contributed by atoms with Gasteiger partial charge < -0.3 is 14.6 Å². The van der Waals surface area contributed by atoms with Gasteiger partial charge in [-0.1, -0.05) is 6.92 Å². The predicted molar refractivity (Wildman–Crippen MR) is 34.7 cm³/mol. The molecule has 0 saturated carbocycles. The van der Waals surface area contributed by atoms with E-state index in [1.807, 2.05) is 0 Å². The number of aliphatic hydroxyl groups excluding tert-OH is 1. The van der Waals surface area contributed by atoms with Crippen LogP contribution in [-0.4, -0.2) is 36.6 Å². The molecule has 0 aromatic carbocycles. The second-order valence-electron chi connectivity index (χ2n) is 3.14. The van der Waals surface area contributed by atoms with Gasteiger partial charge >= 0.3 is 0 Å². The zero-order chi connectivity index (χ0) is 7.14. The van der Waals surface area contributed by atoms with Crippen LogP contribution in [0.3, 0.4) is 0 Å². The Balaban J connectivity index is 2.09. The van der Waals surface area contributed by atoms with Gasteiger partial charge in [0.15, 0.2) is 0 Å². The topological polar surface area (TPSA) is 38.7 Å². The maximum Gasteiger partial charge on any atom is 0.112 e. The summed E-state index contributed by atoms with van der Waals surface area (Å²) in [6.45, 7) is 3.26. The lowest BCUT2D eigenvalue weighted by Gasteiger charge is -2.10. The first-order valence-corrected chi connectivity index (χ1v) is 3.70. The lowest BCUT2D eigenvalue weighted by Crippen LogP contribution is -2.28. The van der Waals surface area contributed by atoms with E-state index >= 15 is 0 Å². The van der Waals surface area contributed by atoms with Crippen LogP contribution in [0.25, 0.3) is 0 Å². The monoisotopic (exact) mass is 144 g/mol. The van der Waals surface area contributed by atoms with Gasteiger partial charge in [0.05, 0.1) is 19.3 Å². The molecular weight excluding hydrogens is 132 g/mol. The fourth-order valence-electron chi connectivity index (χ4n) is 1.67. The first-order valence-electron chi connectivity index (χ1n) is 3.70. The third-order valence-corrected chi connectivity index (χ3v) is 2.27. The van der Waals surface area contributed by atoms with E-state index in [1.54, 1.807) is 0 Å². The van der Waals surface area contributed by atoms with Crippen LogP contribution in [0.5, 0.6) is 0 Å². The molecule has 4 atom stereocenters. The van der Waals surface area contributed by atoms with Crippen LogP contribution in [-0.2, 0) is 9.47 Å². The number of hydrogen-bond donors (Lipinski definition) is 1. The zero-order valence-electron chi connectivity index (χ0n) is 5.99. The Hall–Kier alpha value is -0.120. The molecule has 10 heavy (non-hydrogen) atoms. The van der Waals surface area contributed by atoms with Gasteiger partial charge in [0.25, 0.3) is 0 Å². The zero-order valence-corrected chi connectivity index (χ0v) is 5.99. The van der Waals surface area contributed by atoms with Crippen molar-refractivity contribution in [3.63, 3.8) is 0 Å². The Morgan fingerprint density at radius 3 is 2.60 bits per heavy atom. The molecule has 0 aliphatic carbocycles. The van der Waals surface area contributed by atoms with Crippen molar-refractivity contribution in [1.29, 1.82) is 0 Å². The molecule has 3 heteroatoms. The highest BCUT2D eigenvalue weighted by Crippen LogP contribution is 2.30. The Morgan fingerprint density at radius 1 is 1.20 bits per heavy atom. The second kappa shape index (κ2) is 2.19. The second-order valence-corrected chi connectivity index (χ2v) is 3.14. The van der Waals surface area contributed by atoms with Gasteiger partial charge in [0.2, 0.25) is 0 Å². The highest BCUT2D eigenvalue weighted by Gasteiger charge is 2.44. The number of aliphatic hydroxyl groups is 1. The third kappa shape index (κ3) is 0.779. The van der Waals surface area contributed by atoms with Crippen molar-refractivity contribution in [2.45, 2.75) is 25.2 Å². The summed E-state index contributed by atoms with van der Waals surface area (Å²) in [6.07, 6.45) is -0.292. The molecular formula is C7H12O3. The first-order chi connectivity index (χ1) is 4.79. The minimum Gasteiger partial charge on any atom is -0.388 e. The summed E-state index contributed by atoms with van der Waals surface area (Å²) in [5, 5.41) is 9.27. The smallest absolute Gasteiger partial charge is 0.112 e. The summed E-state index contributed by atoms with van der Waals surface area (Å²) in [5.74, 6) is 0.446. The molecule has 0 aromatic heterocycles. The highest BCUT2D eigenvalue weighted by atomic mass is 16.6. The minimum absolute atomic E-state index is 0.0463. The van der Waals surface area contributed by atoms with Crippen LogP contribution in [0.2, 0.25) is 0 Å². The largest absolute Gasteiger partial charge is 0.388 e. The highest BCUT2D eigenvalue weighted by molar-refractivity contribution is 4.92. The summed E-state index contributed by atoms with van der Waals surface area (Å²) in [7, 11) is 0. The Morgan fingerprint density at radius 2 is 1.90 bits per heavy atom. The standard InChI is InChI=1S/C7H12O3/c1-4-2-9-7-5(8)3-10-6(4)7/h4-8H,2-3H2,1H3/t4-,5+,6-,7-/m0/s1. The Bertz CT molecular complexity index is 121. The van der Waals surface area contributed by atoms with Gasteiger partial charge in [0, 0.05) is 5.92 Å². The fourth-order valence-corrected chi connectivity index (χ4v) is 1.67. The van der Waals surface area contributed by atoms with Gasteiger partial charge in [-0.25, -0.2) is 0 Å². The molecule has 2 heterocycles. The molecule has 0 unspecified atom stereocenters. The van der Waals surface area contributed by atoms with Crippen LogP contribution in [0.1, 0.15) is 6.92 Å². The van der Waals surface area contributed by atoms with Gasteiger partial charge in [0.1, 0.15) is 12.2 Å². The molecule has 2 saturated heterocycles. The van der Waals surface area contributed by atoms with E-state index in [-0.39, 0.29) is 12.2 Å². The molecule has 2 aliphatic heterocycles. The van der Waals surface area contributed by atoms with Crippen LogP contribution in [0, 0.1) is 5.92 Å². The summed E-state index contributed by atoms with van der Waals surface area (Å²) in [4.78, 5) is 0. The maximum absolute atomic E-state index is 9.27. The number of ether oxygens (including phenoxy) is 2. The van der Waals surface area contributed by atoms with Crippen LogP contribution < -0.4 is 0 Å². The molecule has 0 aromatic rings. The number of rotatable bonds is 0. The van der Waals surface area contributed by atoms with Gasteiger partial charge in [-0.2, -0.15) is 0 Å². The molecule has 2 rings (SSSR count). The lowest BCUT2D eigenvalue weighted by molar-refractivity contribution is 0.0173. The lowest BCUT2D eigenvalue weighted by atomic mass is 10.0. The average molecular weight is 144 g/mol. The Labute approximate surface area is 59.9 Å². The number of fused-ring (bicyclic) bond motifs is 1. The normalized spacial score (nSPS) is 53.4. The van der Waals surface area contributed by atoms with Crippen molar-refractivity contribution in [3.8, 4) is 0 Å². The van der Waals surface area contributed by atoms with Crippen LogP contribution >= 0.6 is 0 Å². The molecule has 2 aliphatic rings. The van der Waals surface area contributed by atoms with E-state index in [2.05, 4.69) is 6.92 Å². The maximum atomic E-state index is 9.27. The molecule has 0 amide bonds. The third-order valence-electron chi connectivity index (χ3n) is 2.27. The van der Waals surface area contributed by atoms with E-state index in [0.29, 0.717) is 12.5 Å². The van der Waals surface area contributed by atoms with E-state index in [1.165, 1.54) is 0 Å². The quantitative estimate of drug-likeness (QED) is 0.511. The van der Waals surface area contributed by atoms with E-state index in [9.17, 15) is 5.11 Å². The van der Waals surface area contributed by atoms with E-state index in [4.69, 9.17) is 9.47 Å². The summed E-state index contributed by atoms with van der Waals surface area (Å²) in [6, 6.07) is 0. The van der Waals surface area contributed by atoms with Gasteiger partial charge in [-0.05, 0) is 0 Å². The molecule has 0 spiro atoms. The van der Waals surface area contributed by atoms with Crippen molar-refractivity contribution in [2.75, 3.05) is 13.2 Å². The first kappa shape index (κ1) is 6.58. The summed E-state index contributed by atoms with van der Waals surface area (Å²) >= 11 is 0. The fraction of sp³-hybridized carbons (Fsp3) is 1.00. The van der Waals surface area contributed by atoms with Crippen molar-refractivity contribution >= 4 is 0 Å². The average Bonchev–Trinajstić information content (AvgIpc) is 2.41. The molecule has 0 radical (unpaired) electrons. The Kier molecular flexibility index (Phi) is 1.44. The van der Waals surface area contributed by atoms with Crippen molar-refractivity contribution in [2.24, 2.45) is 5.92 Å². The van der Waals surface area contributed by atoms with Crippen LogP contribution in [0.15, 0.2) is 0 Å². The SMILES string of the molecule is C[C@H]1CO[C@@H]2[C@H]1OC[C@H]2O. The molecule has 0 bridgehead atoms. The van der Waals surface area contributed by atoms with Crippen molar-refractivity contribution < 1.29 is 14.6 Å². The summed E-state index contributed by atoms with van der Waals surface area (Å²) in [5.41, 5.74) is 0. The van der Waals surface area contributed by atoms with Crippen LogP contribution in [0.4, 0.5) is 0 Å². The predicted octanol–water partition coefficient (Wildman–Crippen LogP) is -0.219. The van der Waals surface area contributed by atoms with Crippen molar-refractivity contribution in [3.05, 3.63) is 0 Å². The minimum atomic E-state index is -0.394. The molecule has 58 valence electrons. The van der Waals surface area contributed by atoms with Crippen molar-refractivity contribution in [1.82, 2.24) is 0 Å². The summed E-state index contributed by atoms with van der Waals surface area (Å²) < 4.78 is 10.7. The molecule has 3 nitrogen and oxygen atoms in total. The van der Waals surface area contributed by atoms with Gasteiger partial charge in [-0.15, -0.1) is 0 Å².